The summed E-state index contributed by atoms with van der Waals surface area (Å²) in [5.41, 5.74) is 0.424. The fourth-order valence-corrected chi connectivity index (χ4v) is 2.96. The molecule has 2 aromatic carbocycles. The quantitative estimate of drug-likeness (QED) is 0.302. The number of benzene rings is 2. The van der Waals surface area contributed by atoms with E-state index in [1.807, 2.05) is 0 Å². The molecule has 9 nitrogen and oxygen atoms in total. The lowest BCUT2D eigenvalue weighted by molar-refractivity contribution is -0.126. The molecule has 31 heavy (non-hydrogen) atoms. The van der Waals surface area contributed by atoms with Gasteiger partial charge in [-0.25, -0.2) is 4.42 Å². The van der Waals surface area contributed by atoms with Crippen LogP contribution in [0.2, 0.25) is 5.02 Å². The highest BCUT2D eigenvalue weighted by Crippen LogP contribution is 2.40. The molecular weight excluding hydrogens is 449 g/mol. The predicted octanol–water partition coefficient (Wildman–Crippen LogP) is 4.60. The molecule has 0 spiro atoms. The lowest BCUT2D eigenvalue weighted by atomic mass is 10.2. The Labute approximate surface area is 189 Å². The molecule has 0 aromatic heterocycles. The zero-order valence-corrected chi connectivity index (χ0v) is 19.0. The first kappa shape index (κ1) is 24.2. The zero-order chi connectivity index (χ0) is 23.1. The molecule has 1 atom stereocenters. The summed E-state index contributed by atoms with van der Waals surface area (Å²) < 4.78 is 21.6. The fraction of sp³-hybridized carbons (Fsp3) is 0.300. The first-order valence-electron chi connectivity index (χ1n) is 8.81. The molecule has 0 bridgehead atoms. The number of carbonyl (C=O) groups is 2. The Balaban J connectivity index is 2.39. The normalized spacial score (nSPS) is 11.7. The van der Waals surface area contributed by atoms with Gasteiger partial charge in [0.1, 0.15) is 0 Å². The Hall–Kier alpha value is -3.04. The Morgan fingerprint density at radius 1 is 0.903 bits per heavy atom. The van der Waals surface area contributed by atoms with Crippen molar-refractivity contribution < 1.29 is 28.5 Å². The number of hydrogen-bond acceptors (Lipinski definition) is 8. The van der Waals surface area contributed by atoms with Crippen molar-refractivity contribution in [1.82, 2.24) is 0 Å². The lowest BCUT2D eigenvalue weighted by Gasteiger charge is -2.18. The van der Waals surface area contributed by atoms with E-state index >= 15 is 0 Å². The lowest BCUT2D eigenvalue weighted by Crippen LogP contribution is -2.36. The van der Waals surface area contributed by atoms with Gasteiger partial charge in [-0.3, -0.25) is 9.59 Å². The molecule has 1 amide bonds. The van der Waals surface area contributed by atoms with Crippen molar-refractivity contribution in [1.29, 1.82) is 0 Å². The van der Waals surface area contributed by atoms with E-state index in [0.29, 0.717) is 16.5 Å². The molecule has 0 fully saturated rings. The molecule has 0 saturated carbocycles. The van der Waals surface area contributed by atoms with E-state index < -0.39 is 17.7 Å². The number of halogens is 2. The van der Waals surface area contributed by atoms with E-state index in [2.05, 4.69) is 10.2 Å². The van der Waals surface area contributed by atoms with Gasteiger partial charge < -0.3 is 18.9 Å². The Bertz CT molecular complexity index is 974. The molecule has 0 aliphatic heterocycles. The van der Waals surface area contributed by atoms with Gasteiger partial charge in [-0.2, -0.15) is 5.11 Å². The largest absolute Gasteiger partial charge is 0.494 e. The minimum Gasteiger partial charge on any atom is -0.494 e. The van der Waals surface area contributed by atoms with Crippen molar-refractivity contribution in [3.05, 3.63) is 35.4 Å². The third-order valence-corrected chi connectivity index (χ3v) is 4.70. The Morgan fingerprint density at radius 3 is 1.94 bits per heavy atom. The van der Waals surface area contributed by atoms with Crippen molar-refractivity contribution in [2.45, 2.75) is 13.0 Å². The highest BCUT2D eigenvalue weighted by Gasteiger charge is 2.29. The van der Waals surface area contributed by atoms with E-state index in [4.69, 9.17) is 42.3 Å². The standard InChI is InChI=1S/C20H21Cl2N3O6/c1-11(26)18(23-24-19-16(30-4)8-12(21)9-17(19)31-5)20(27)25(22)13-6-7-14(28-2)15(10-13)29-3/h6-10,18H,1-5H3. The third-order valence-electron chi connectivity index (χ3n) is 4.12. The molecular formula is C20H21Cl2N3O6. The van der Waals surface area contributed by atoms with Crippen molar-refractivity contribution in [2.75, 3.05) is 32.9 Å². The average molecular weight is 470 g/mol. The second kappa shape index (κ2) is 10.8. The Morgan fingerprint density at radius 2 is 1.45 bits per heavy atom. The van der Waals surface area contributed by atoms with Crippen LogP contribution in [0.4, 0.5) is 11.4 Å². The van der Waals surface area contributed by atoms with Gasteiger partial charge in [0.15, 0.2) is 34.5 Å². The first-order chi connectivity index (χ1) is 14.8. The van der Waals surface area contributed by atoms with Crippen molar-refractivity contribution >= 4 is 46.4 Å². The predicted molar refractivity (Wildman–Crippen MR) is 116 cm³/mol. The summed E-state index contributed by atoms with van der Waals surface area (Å²) in [4.78, 5) is 25.0. The number of azo groups is 1. The second-order valence-corrected chi connectivity index (χ2v) is 6.82. The minimum absolute atomic E-state index is 0.167. The molecule has 2 aromatic rings. The van der Waals surface area contributed by atoms with Crippen LogP contribution >= 0.6 is 23.4 Å². The minimum atomic E-state index is -1.50. The van der Waals surface area contributed by atoms with Crippen LogP contribution in [-0.2, 0) is 9.59 Å². The summed E-state index contributed by atoms with van der Waals surface area (Å²) in [6.45, 7) is 1.21. The molecule has 1 unspecified atom stereocenters. The maximum Gasteiger partial charge on any atom is 0.276 e. The van der Waals surface area contributed by atoms with Crippen LogP contribution in [0.5, 0.6) is 23.0 Å². The zero-order valence-electron chi connectivity index (χ0n) is 17.5. The van der Waals surface area contributed by atoms with Gasteiger partial charge in [0.2, 0.25) is 6.04 Å². The number of nitrogens with zero attached hydrogens (tertiary/aromatic N) is 3. The van der Waals surface area contributed by atoms with Crippen LogP contribution in [0.25, 0.3) is 0 Å². The summed E-state index contributed by atoms with van der Waals surface area (Å²) in [7, 11) is 5.75. The van der Waals surface area contributed by atoms with Gasteiger partial charge >= 0.3 is 0 Å². The smallest absolute Gasteiger partial charge is 0.276 e. The van der Waals surface area contributed by atoms with Crippen molar-refractivity contribution in [3.8, 4) is 23.0 Å². The van der Waals surface area contributed by atoms with Crippen molar-refractivity contribution in [2.24, 2.45) is 10.2 Å². The number of hydrogen-bond donors (Lipinski definition) is 0. The monoisotopic (exact) mass is 469 g/mol. The molecule has 0 aliphatic carbocycles. The van der Waals surface area contributed by atoms with E-state index in [1.54, 1.807) is 6.07 Å². The van der Waals surface area contributed by atoms with Gasteiger partial charge in [-0.1, -0.05) is 11.6 Å². The summed E-state index contributed by atoms with van der Waals surface area (Å²) in [6, 6.07) is 6.09. The van der Waals surface area contributed by atoms with Crippen LogP contribution in [-0.4, -0.2) is 46.2 Å². The van der Waals surface area contributed by atoms with Crippen LogP contribution < -0.4 is 23.4 Å². The average Bonchev–Trinajstić information content (AvgIpc) is 2.77. The number of rotatable bonds is 9. The maximum absolute atomic E-state index is 12.9. The van der Waals surface area contributed by atoms with Crippen LogP contribution in [0.15, 0.2) is 40.6 Å². The number of ketones is 1. The van der Waals surface area contributed by atoms with Gasteiger partial charge in [-0.05, 0) is 19.1 Å². The number of Topliss-reactive ketones (excluding diaryl/α,β-unsaturated/α-hetero) is 1. The van der Waals surface area contributed by atoms with Gasteiger partial charge in [-0.15, -0.1) is 5.11 Å². The van der Waals surface area contributed by atoms with E-state index in [1.165, 1.54) is 59.6 Å². The number of carbonyl (C=O) groups excluding carboxylic acids is 2. The Kier molecular flexibility index (Phi) is 8.47. The van der Waals surface area contributed by atoms with Gasteiger partial charge in [0.05, 0.1) is 34.1 Å². The molecule has 166 valence electrons. The maximum atomic E-state index is 12.9. The number of anilines is 1. The van der Waals surface area contributed by atoms with E-state index in [9.17, 15) is 9.59 Å². The van der Waals surface area contributed by atoms with Crippen LogP contribution in [0, 0.1) is 0 Å². The molecule has 0 aliphatic rings. The number of ether oxygens (including phenoxy) is 4. The molecule has 0 radical (unpaired) electrons. The van der Waals surface area contributed by atoms with Crippen LogP contribution in [0.3, 0.4) is 0 Å². The topological polar surface area (TPSA) is 99.0 Å². The van der Waals surface area contributed by atoms with Gasteiger partial charge in [0, 0.05) is 35.0 Å². The van der Waals surface area contributed by atoms with Crippen molar-refractivity contribution in [3.63, 3.8) is 0 Å². The summed E-state index contributed by atoms with van der Waals surface area (Å²) >= 11 is 12.2. The molecule has 11 heteroatoms. The highest BCUT2D eigenvalue weighted by molar-refractivity contribution is 6.39. The van der Waals surface area contributed by atoms with E-state index in [-0.39, 0.29) is 22.9 Å². The van der Waals surface area contributed by atoms with Crippen LogP contribution in [0.1, 0.15) is 6.92 Å². The number of methoxy groups -OCH3 is 4. The molecule has 2 rings (SSSR count). The second-order valence-electron chi connectivity index (χ2n) is 6.05. The highest BCUT2D eigenvalue weighted by atomic mass is 35.5. The summed E-state index contributed by atoms with van der Waals surface area (Å²) in [5, 5.41) is 8.27. The molecule has 0 saturated heterocycles. The first-order valence-corrected chi connectivity index (χ1v) is 9.53. The van der Waals surface area contributed by atoms with E-state index in [0.717, 1.165) is 4.42 Å². The molecule has 0 heterocycles. The summed E-state index contributed by atoms with van der Waals surface area (Å²) in [5.74, 6) is -0.0525. The molecule has 0 N–H and O–H groups in total. The van der Waals surface area contributed by atoms with Gasteiger partial charge in [0.25, 0.3) is 5.91 Å². The third kappa shape index (κ3) is 5.56. The summed E-state index contributed by atoms with van der Waals surface area (Å²) in [6.07, 6.45) is 0. The fourth-order valence-electron chi connectivity index (χ4n) is 2.56. The number of amides is 1. The SMILES string of the molecule is COc1ccc(N(Cl)C(=O)C(N=Nc2c(OC)cc(Cl)cc2OC)C(C)=O)cc1OC.